The maximum absolute atomic E-state index is 13.2. The summed E-state index contributed by atoms with van der Waals surface area (Å²) in [7, 11) is 0. The van der Waals surface area contributed by atoms with Gasteiger partial charge in [-0.15, -0.1) is 11.3 Å². The number of benzene rings is 3. The number of hydrogen-bond acceptors (Lipinski definition) is 3. The number of hydrogen-bond donors (Lipinski definition) is 1. The molecule has 0 saturated heterocycles. The van der Waals surface area contributed by atoms with Crippen molar-refractivity contribution in [2.24, 2.45) is 0 Å². The van der Waals surface area contributed by atoms with Crippen LogP contribution < -0.4 is 5.32 Å². The van der Waals surface area contributed by atoms with Crippen LogP contribution in [0, 0.1) is 0 Å². The second-order valence-electron chi connectivity index (χ2n) is 6.41. The van der Waals surface area contributed by atoms with Gasteiger partial charge in [-0.05, 0) is 29.3 Å². The molecule has 144 valence electrons. The molecule has 0 atom stereocenters. The number of carbonyl (C=O) groups is 1. The lowest BCUT2D eigenvalue weighted by Gasteiger charge is -2.17. The third kappa shape index (κ3) is 4.51. The number of carbonyl (C=O) groups excluding carboxylic acids is 1. The quantitative estimate of drug-likeness (QED) is 0.368. The number of nitrogens with zero attached hydrogens (tertiary/aromatic N) is 1. The molecule has 4 rings (SSSR count). The van der Waals surface area contributed by atoms with E-state index in [4.69, 9.17) is 23.2 Å². The molecular weight excluding hydrogens is 423 g/mol. The van der Waals surface area contributed by atoms with E-state index in [1.54, 1.807) is 12.1 Å². The van der Waals surface area contributed by atoms with Gasteiger partial charge in [0.25, 0.3) is 0 Å². The minimum Gasteiger partial charge on any atom is -0.301 e. The SMILES string of the molecule is O=C(Nc1nc(-c2ccc(Cl)cc2Cl)cs1)C(c1ccccc1)c1ccccc1. The molecule has 3 nitrogen and oxygen atoms in total. The van der Waals surface area contributed by atoms with Crippen LogP contribution >= 0.6 is 34.5 Å². The average molecular weight is 439 g/mol. The number of halogens is 2. The molecule has 0 saturated carbocycles. The summed E-state index contributed by atoms with van der Waals surface area (Å²) in [5.41, 5.74) is 3.32. The maximum atomic E-state index is 13.2. The zero-order chi connectivity index (χ0) is 20.2. The highest BCUT2D eigenvalue weighted by Crippen LogP contribution is 2.33. The molecule has 0 aliphatic heterocycles. The third-order valence-corrected chi connectivity index (χ3v) is 5.77. The Morgan fingerprint density at radius 1 is 0.897 bits per heavy atom. The molecule has 0 spiro atoms. The Morgan fingerprint density at radius 2 is 1.52 bits per heavy atom. The molecule has 29 heavy (non-hydrogen) atoms. The molecule has 1 heterocycles. The van der Waals surface area contributed by atoms with Crippen molar-refractivity contribution in [3.63, 3.8) is 0 Å². The minimum absolute atomic E-state index is 0.134. The summed E-state index contributed by atoms with van der Waals surface area (Å²) < 4.78 is 0. The fourth-order valence-corrected chi connectivity index (χ4v) is 4.33. The smallest absolute Gasteiger partial charge is 0.238 e. The molecule has 3 aromatic carbocycles. The van der Waals surface area contributed by atoms with Crippen LogP contribution in [0.4, 0.5) is 5.13 Å². The Hall–Kier alpha value is -2.66. The fraction of sp³-hybridized carbons (Fsp3) is 0.0435. The van der Waals surface area contributed by atoms with Crippen LogP contribution in [-0.4, -0.2) is 10.9 Å². The molecule has 4 aromatic rings. The second kappa shape index (κ2) is 8.78. The zero-order valence-electron chi connectivity index (χ0n) is 15.2. The van der Waals surface area contributed by atoms with Crippen LogP contribution in [0.25, 0.3) is 11.3 Å². The van der Waals surface area contributed by atoms with Crippen LogP contribution in [0.5, 0.6) is 0 Å². The lowest BCUT2D eigenvalue weighted by molar-refractivity contribution is -0.116. The van der Waals surface area contributed by atoms with Crippen molar-refractivity contribution in [1.29, 1.82) is 0 Å². The van der Waals surface area contributed by atoms with E-state index in [9.17, 15) is 4.79 Å². The first-order valence-electron chi connectivity index (χ1n) is 8.93. The van der Waals surface area contributed by atoms with Crippen LogP contribution in [0.2, 0.25) is 10.0 Å². The van der Waals surface area contributed by atoms with E-state index < -0.39 is 5.92 Å². The van der Waals surface area contributed by atoms with Gasteiger partial charge >= 0.3 is 0 Å². The molecule has 0 bridgehead atoms. The van der Waals surface area contributed by atoms with Crippen molar-refractivity contribution in [3.05, 3.63) is 105 Å². The van der Waals surface area contributed by atoms with Crippen LogP contribution in [-0.2, 0) is 4.79 Å². The molecule has 1 N–H and O–H groups in total. The van der Waals surface area contributed by atoms with Crippen molar-refractivity contribution in [1.82, 2.24) is 4.98 Å². The van der Waals surface area contributed by atoms with E-state index in [-0.39, 0.29) is 5.91 Å². The molecule has 1 amide bonds. The first-order valence-corrected chi connectivity index (χ1v) is 10.6. The Bertz CT molecular complexity index is 1090. The first-order chi connectivity index (χ1) is 14.1. The number of rotatable bonds is 5. The van der Waals surface area contributed by atoms with Gasteiger partial charge in [0.15, 0.2) is 5.13 Å². The summed E-state index contributed by atoms with van der Waals surface area (Å²) in [6, 6.07) is 24.7. The van der Waals surface area contributed by atoms with E-state index in [0.717, 1.165) is 16.7 Å². The highest BCUT2D eigenvalue weighted by Gasteiger charge is 2.23. The Balaban J connectivity index is 1.61. The summed E-state index contributed by atoms with van der Waals surface area (Å²) in [6.07, 6.45) is 0. The highest BCUT2D eigenvalue weighted by atomic mass is 35.5. The normalized spacial score (nSPS) is 10.9. The van der Waals surface area contributed by atoms with Crippen molar-refractivity contribution in [3.8, 4) is 11.3 Å². The number of aromatic nitrogens is 1. The Morgan fingerprint density at radius 3 is 2.10 bits per heavy atom. The first kappa shape index (κ1) is 19.6. The standard InChI is InChI=1S/C23H16Cl2N2OS/c24-17-11-12-18(19(25)13-17)20-14-29-23(26-20)27-22(28)21(15-7-3-1-4-8-15)16-9-5-2-6-10-16/h1-14,21H,(H,26,27,28). The van der Waals surface area contributed by atoms with Gasteiger partial charge in [-0.3, -0.25) is 4.79 Å². The number of anilines is 1. The van der Waals surface area contributed by atoms with E-state index in [1.165, 1.54) is 11.3 Å². The third-order valence-electron chi connectivity index (χ3n) is 4.47. The largest absolute Gasteiger partial charge is 0.301 e. The molecule has 6 heteroatoms. The summed E-state index contributed by atoms with van der Waals surface area (Å²) in [6.45, 7) is 0. The molecule has 0 radical (unpaired) electrons. The Kier molecular flexibility index (Phi) is 5.95. The van der Waals surface area contributed by atoms with Crippen molar-refractivity contribution >= 4 is 45.6 Å². The topological polar surface area (TPSA) is 42.0 Å². The van der Waals surface area contributed by atoms with Crippen LogP contribution in [0.1, 0.15) is 17.0 Å². The molecular formula is C23H16Cl2N2OS. The van der Waals surface area contributed by atoms with Gasteiger partial charge in [0.05, 0.1) is 16.6 Å². The van der Waals surface area contributed by atoms with Crippen LogP contribution in [0.15, 0.2) is 84.2 Å². The number of nitrogens with one attached hydrogen (secondary N) is 1. The molecule has 0 fully saturated rings. The Labute approximate surface area is 183 Å². The van der Waals surface area contributed by atoms with Gasteiger partial charge in [-0.25, -0.2) is 4.98 Å². The second-order valence-corrected chi connectivity index (χ2v) is 8.11. The molecule has 0 aliphatic carbocycles. The van der Waals surface area contributed by atoms with Crippen molar-refractivity contribution in [2.45, 2.75) is 5.92 Å². The van der Waals surface area contributed by atoms with Gasteiger partial charge in [-0.1, -0.05) is 83.9 Å². The molecule has 0 unspecified atom stereocenters. The van der Waals surface area contributed by atoms with E-state index in [0.29, 0.717) is 20.9 Å². The molecule has 0 aliphatic rings. The monoisotopic (exact) mass is 438 g/mol. The molecule has 1 aromatic heterocycles. The van der Waals surface area contributed by atoms with Gasteiger partial charge in [0, 0.05) is 16.0 Å². The van der Waals surface area contributed by atoms with E-state index in [2.05, 4.69) is 10.3 Å². The van der Waals surface area contributed by atoms with Gasteiger partial charge < -0.3 is 5.32 Å². The zero-order valence-corrected chi connectivity index (χ0v) is 17.5. The maximum Gasteiger partial charge on any atom is 0.238 e. The summed E-state index contributed by atoms with van der Waals surface area (Å²) in [5.74, 6) is -0.561. The van der Waals surface area contributed by atoms with E-state index in [1.807, 2.05) is 72.1 Å². The average Bonchev–Trinajstić information content (AvgIpc) is 3.18. The van der Waals surface area contributed by atoms with E-state index >= 15 is 0 Å². The summed E-state index contributed by atoms with van der Waals surface area (Å²) in [5, 5.41) is 6.43. The van der Waals surface area contributed by atoms with Crippen molar-refractivity contribution in [2.75, 3.05) is 5.32 Å². The van der Waals surface area contributed by atoms with Gasteiger partial charge in [0.1, 0.15) is 0 Å². The summed E-state index contributed by atoms with van der Waals surface area (Å²) in [4.78, 5) is 17.7. The lowest BCUT2D eigenvalue weighted by atomic mass is 9.90. The number of amides is 1. The highest BCUT2D eigenvalue weighted by molar-refractivity contribution is 7.14. The predicted molar refractivity (Wildman–Crippen MR) is 121 cm³/mol. The van der Waals surface area contributed by atoms with Gasteiger partial charge in [-0.2, -0.15) is 0 Å². The lowest BCUT2D eigenvalue weighted by Crippen LogP contribution is -2.22. The fourth-order valence-electron chi connectivity index (χ4n) is 3.12. The van der Waals surface area contributed by atoms with Crippen LogP contribution in [0.3, 0.4) is 0 Å². The summed E-state index contributed by atoms with van der Waals surface area (Å²) >= 11 is 13.6. The van der Waals surface area contributed by atoms with Gasteiger partial charge in [0.2, 0.25) is 5.91 Å². The predicted octanol–water partition coefficient (Wildman–Crippen LogP) is 6.89. The van der Waals surface area contributed by atoms with Crippen molar-refractivity contribution < 1.29 is 4.79 Å². The number of thiazole rings is 1. The minimum atomic E-state index is -0.427.